The van der Waals surface area contributed by atoms with Crippen LogP contribution in [0.25, 0.3) is 0 Å². The summed E-state index contributed by atoms with van der Waals surface area (Å²) in [5.74, 6) is 1.95. The van der Waals surface area contributed by atoms with Crippen molar-refractivity contribution in [2.45, 2.75) is 32.9 Å². The maximum atomic E-state index is 12.7. The maximum absolute atomic E-state index is 12.7. The zero-order valence-electron chi connectivity index (χ0n) is 17.3. The molecule has 0 aromatic heterocycles. The summed E-state index contributed by atoms with van der Waals surface area (Å²) in [5, 5.41) is 3.01. The summed E-state index contributed by atoms with van der Waals surface area (Å²) < 4.78 is 16.1. The molecule has 0 fully saturated rings. The Hall–Kier alpha value is -2.89. The highest BCUT2D eigenvalue weighted by atomic mass is 16.5. The lowest BCUT2D eigenvalue weighted by Gasteiger charge is -2.27. The Bertz CT molecular complexity index is 763. The van der Waals surface area contributed by atoms with Gasteiger partial charge in [0, 0.05) is 25.2 Å². The van der Waals surface area contributed by atoms with E-state index in [0.29, 0.717) is 36.8 Å². The van der Waals surface area contributed by atoms with Crippen molar-refractivity contribution < 1.29 is 19.0 Å². The van der Waals surface area contributed by atoms with Crippen LogP contribution in [0.4, 0.5) is 4.79 Å². The molecule has 152 valence electrons. The lowest BCUT2D eigenvalue weighted by Crippen LogP contribution is -2.44. The van der Waals surface area contributed by atoms with E-state index in [-0.39, 0.29) is 12.1 Å². The van der Waals surface area contributed by atoms with Gasteiger partial charge in [0.1, 0.15) is 5.75 Å². The second-order valence-corrected chi connectivity index (χ2v) is 6.71. The minimum atomic E-state index is -0.0849. The summed E-state index contributed by atoms with van der Waals surface area (Å²) in [6.07, 6.45) is 0.618. The van der Waals surface area contributed by atoms with Gasteiger partial charge in [-0.25, -0.2) is 4.79 Å². The molecule has 0 aliphatic rings. The van der Waals surface area contributed by atoms with Gasteiger partial charge in [-0.15, -0.1) is 0 Å². The van der Waals surface area contributed by atoms with Crippen LogP contribution in [0.5, 0.6) is 17.2 Å². The summed E-state index contributed by atoms with van der Waals surface area (Å²) in [6.45, 7) is 5.09. The Morgan fingerprint density at radius 1 is 0.964 bits per heavy atom. The fourth-order valence-electron chi connectivity index (χ4n) is 2.96. The van der Waals surface area contributed by atoms with Gasteiger partial charge in [-0.3, -0.25) is 0 Å². The number of ether oxygens (including phenoxy) is 3. The topological polar surface area (TPSA) is 60.0 Å². The fourth-order valence-corrected chi connectivity index (χ4v) is 2.96. The zero-order chi connectivity index (χ0) is 20.5. The van der Waals surface area contributed by atoms with E-state index in [1.807, 2.05) is 55.1 Å². The van der Waals surface area contributed by atoms with Crippen molar-refractivity contribution in [3.05, 3.63) is 53.6 Å². The molecular formula is C22H30N2O4. The summed E-state index contributed by atoms with van der Waals surface area (Å²) >= 11 is 0. The number of carbonyl (C=O) groups is 1. The monoisotopic (exact) mass is 386 g/mol. The molecule has 2 aromatic rings. The molecule has 28 heavy (non-hydrogen) atoms. The smallest absolute Gasteiger partial charge is 0.317 e. The second kappa shape index (κ2) is 10.4. The number of methoxy groups -OCH3 is 3. The Morgan fingerprint density at radius 3 is 2.14 bits per heavy atom. The molecule has 0 aliphatic heterocycles. The Morgan fingerprint density at radius 2 is 1.57 bits per heavy atom. The first-order valence-corrected chi connectivity index (χ1v) is 9.37. The largest absolute Gasteiger partial charge is 0.496 e. The van der Waals surface area contributed by atoms with Crippen molar-refractivity contribution >= 4 is 6.03 Å². The Kier molecular flexibility index (Phi) is 7.99. The molecule has 0 bridgehead atoms. The predicted octanol–water partition coefficient (Wildman–Crippen LogP) is 3.88. The van der Waals surface area contributed by atoms with Crippen LogP contribution in [0.3, 0.4) is 0 Å². The maximum Gasteiger partial charge on any atom is 0.317 e. The average molecular weight is 386 g/mol. The number of benzene rings is 2. The van der Waals surface area contributed by atoms with E-state index in [4.69, 9.17) is 14.2 Å². The first kappa shape index (κ1) is 21.4. The van der Waals surface area contributed by atoms with Crippen LogP contribution in [0, 0.1) is 0 Å². The lowest BCUT2D eigenvalue weighted by atomic mass is 10.1. The first-order chi connectivity index (χ1) is 13.5. The minimum Gasteiger partial charge on any atom is -0.496 e. The fraction of sp³-hybridized carbons (Fsp3) is 0.409. The van der Waals surface area contributed by atoms with Gasteiger partial charge >= 0.3 is 6.03 Å². The van der Waals surface area contributed by atoms with Crippen LogP contribution < -0.4 is 19.5 Å². The van der Waals surface area contributed by atoms with Crippen LogP contribution in [0.1, 0.15) is 25.0 Å². The van der Waals surface area contributed by atoms with Crippen molar-refractivity contribution in [1.82, 2.24) is 10.2 Å². The molecule has 2 rings (SSSR count). The van der Waals surface area contributed by atoms with Crippen LogP contribution in [0.15, 0.2) is 42.5 Å². The second-order valence-electron chi connectivity index (χ2n) is 6.71. The van der Waals surface area contributed by atoms with Crippen molar-refractivity contribution in [1.29, 1.82) is 0 Å². The van der Waals surface area contributed by atoms with E-state index in [1.165, 1.54) is 0 Å². The summed E-state index contributed by atoms with van der Waals surface area (Å²) in [6, 6.07) is 13.7. The van der Waals surface area contributed by atoms with Crippen molar-refractivity contribution in [2.75, 3.05) is 27.9 Å². The highest BCUT2D eigenvalue weighted by Gasteiger charge is 2.17. The Balaban J connectivity index is 2.01. The number of hydrogen-bond donors (Lipinski definition) is 1. The highest BCUT2D eigenvalue weighted by Crippen LogP contribution is 2.34. The average Bonchev–Trinajstić information content (AvgIpc) is 2.71. The molecule has 0 heterocycles. The molecule has 0 unspecified atom stereocenters. The Labute approximate surface area is 167 Å². The third kappa shape index (κ3) is 5.55. The standard InChI is InChI=1S/C22H30N2O4/c1-16(2)24(15-17-9-7-6-8-10-17)22(25)23-12-11-18-13-20(27-4)21(28-5)14-19(18)26-3/h6-10,13-14,16H,11-12,15H2,1-5H3,(H,23,25). The van der Waals surface area contributed by atoms with Crippen LogP contribution in [-0.2, 0) is 13.0 Å². The summed E-state index contributed by atoms with van der Waals surface area (Å²) in [7, 11) is 4.80. The third-order valence-electron chi connectivity index (χ3n) is 4.54. The van der Waals surface area contributed by atoms with E-state index in [9.17, 15) is 4.79 Å². The third-order valence-corrected chi connectivity index (χ3v) is 4.54. The molecule has 0 spiro atoms. The van der Waals surface area contributed by atoms with Crippen LogP contribution in [0.2, 0.25) is 0 Å². The van der Waals surface area contributed by atoms with E-state index < -0.39 is 0 Å². The molecule has 0 aliphatic carbocycles. The molecule has 2 amide bonds. The van der Waals surface area contributed by atoms with Gasteiger partial charge in [0.05, 0.1) is 21.3 Å². The predicted molar refractivity (Wildman–Crippen MR) is 110 cm³/mol. The first-order valence-electron chi connectivity index (χ1n) is 9.37. The highest BCUT2D eigenvalue weighted by molar-refractivity contribution is 5.74. The number of carbonyl (C=O) groups excluding carboxylic acids is 1. The number of nitrogens with zero attached hydrogens (tertiary/aromatic N) is 1. The molecule has 1 N–H and O–H groups in total. The normalized spacial score (nSPS) is 10.5. The number of urea groups is 1. The molecule has 0 radical (unpaired) electrons. The number of amides is 2. The summed E-state index contributed by atoms with van der Waals surface area (Å²) in [4.78, 5) is 14.5. The molecule has 6 heteroatoms. The number of nitrogens with one attached hydrogen (secondary N) is 1. The summed E-state index contributed by atoms with van der Waals surface area (Å²) in [5.41, 5.74) is 2.05. The molecule has 0 atom stereocenters. The van der Waals surface area contributed by atoms with E-state index >= 15 is 0 Å². The number of hydrogen-bond acceptors (Lipinski definition) is 4. The zero-order valence-corrected chi connectivity index (χ0v) is 17.3. The van der Waals surface area contributed by atoms with Gasteiger partial charge in [-0.1, -0.05) is 30.3 Å². The van der Waals surface area contributed by atoms with Gasteiger partial charge in [-0.2, -0.15) is 0 Å². The van der Waals surface area contributed by atoms with E-state index in [1.54, 1.807) is 27.4 Å². The van der Waals surface area contributed by atoms with Crippen LogP contribution >= 0.6 is 0 Å². The lowest BCUT2D eigenvalue weighted by molar-refractivity contribution is 0.180. The molecule has 2 aromatic carbocycles. The van der Waals surface area contributed by atoms with E-state index in [0.717, 1.165) is 11.1 Å². The SMILES string of the molecule is COc1cc(OC)c(OC)cc1CCNC(=O)N(Cc1ccccc1)C(C)C. The quantitative estimate of drug-likeness (QED) is 0.711. The van der Waals surface area contributed by atoms with Crippen LogP contribution in [-0.4, -0.2) is 44.8 Å². The molecule has 6 nitrogen and oxygen atoms in total. The van der Waals surface area contributed by atoms with Gasteiger partial charge in [0.15, 0.2) is 11.5 Å². The van der Waals surface area contributed by atoms with Gasteiger partial charge in [0.25, 0.3) is 0 Å². The molecule has 0 saturated carbocycles. The number of rotatable bonds is 9. The van der Waals surface area contributed by atoms with E-state index in [2.05, 4.69) is 5.32 Å². The van der Waals surface area contributed by atoms with Gasteiger partial charge < -0.3 is 24.4 Å². The minimum absolute atomic E-state index is 0.0849. The van der Waals surface area contributed by atoms with Crippen molar-refractivity contribution in [2.24, 2.45) is 0 Å². The van der Waals surface area contributed by atoms with Gasteiger partial charge in [-0.05, 0) is 37.5 Å². The van der Waals surface area contributed by atoms with Crippen molar-refractivity contribution in [3.8, 4) is 17.2 Å². The van der Waals surface area contributed by atoms with Gasteiger partial charge in [0.2, 0.25) is 0 Å². The van der Waals surface area contributed by atoms with Crippen molar-refractivity contribution in [3.63, 3.8) is 0 Å². The molecular weight excluding hydrogens is 356 g/mol. The molecule has 0 saturated heterocycles.